The molecule has 0 unspecified atom stereocenters. The number of rotatable bonds is 9. The van der Waals surface area contributed by atoms with Crippen molar-refractivity contribution in [3.63, 3.8) is 0 Å². The largest absolute Gasteiger partial charge is 0.484 e. The highest BCUT2D eigenvalue weighted by Crippen LogP contribution is 2.27. The van der Waals surface area contributed by atoms with E-state index in [0.29, 0.717) is 22.2 Å². The second kappa shape index (κ2) is 13.0. The van der Waals surface area contributed by atoms with Crippen molar-refractivity contribution in [3.05, 3.63) is 61.5 Å². The van der Waals surface area contributed by atoms with Gasteiger partial charge in [-0.3, -0.25) is 9.59 Å². The Balaban J connectivity index is 1.81. The monoisotopic (exact) mass is 582 g/mol. The summed E-state index contributed by atoms with van der Waals surface area (Å²) in [6, 6.07) is 8.47. The number of ether oxygens (including phenoxy) is 1. The summed E-state index contributed by atoms with van der Waals surface area (Å²) in [5.74, 6) is 0.203. The SMILES string of the molecule is CC[C@H](C(=O)NC1CCCCC1)N(Cc1ccc(Cl)cc1Cl)C(=O)COc1cc(C)c(Br)c(C)c1. The van der Waals surface area contributed by atoms with E-state index in [0.717, 1.165) is 46.8 Å². The number of carbonyl (C=O) groups is 2. The Labute approximate surface area is 226 Å². The molecule has 1 fully saturated rings. The normalized spacial score (nSPS) is 14.9. The molecule has 0 spiro atoms. The zero-order valence-corrected chi connectivity index (χ0v) is 23.6. The first kappa shape index (κ1) is 27.8. The Morgan fingerprint density at radius 3 is 2.37 bits per heavy atom. The molecular weight excluding hydrogens is 551 g/mol. The van der Waals surface area contributed by atoms with E-state index in [2.05, 4.69) is 21.2 Å². The van der Waals surface area contributed by atoms with Crippen molar-refractivity contribution >= 4 is 50.9 Å². The maximum Gasteiger partial charge on any atom is 0.261 e. The van der Waals surface area contributed by atoms with Gasteiger partial charge in [-0.1, -0.05) is 71.4 Å². The van der Waals surface area contributed by atoms with E-state index in [4.69, 9.17) is 27.9 Å². The standard InChI is InChI=1S/C27H33BrCl2N2O3/c1-4-24(27(34)31-21-8-6-5-7-9-21)32(15-19-10-11-20(29)14-23(19)30)25(33)16-35-22-12-17(2)26(28)18(3)13-22/h10-14,21,24H,4-9,15-16H2,1-3H3,(H,31,34)/t24-/m1/s1. The molecule has 8 heteroatoms. The molecule has 5 nitrogen and oxygen atoms in total. The third kappa shape index (κ3) is 7.61. The van der Waals surface area contributed by atoms with Crippen LogP contribution in [0, 0.1) is 13.8 Å². The third-order valence-electron chi connectivity index (χ3n) is 6.47. The molecule has 1 saturated carbocycles. The highest BCUT2D eigenvalue weighted by Gasteiger charge is 2.31. The second-order valence-electron chi connectivity index (χ2n) is 9.18. The molecule has 1 N–H and O–H groups in total. The molecule has 1 aliphatic carbocycles. The Kier molecular flexibility index (Phi) is 10.3. The first-order valence-corrected chi connectivity index (χ1v) is 13.7. The van der Waals surface area contributed by atoms with E-state index in [1.165, 1.54) is 6.42 Å². The Morgan fingerprint density at radius 1 is 1.11 bits per heavy atom. The minimum Gasteiger partial charge on any atom is -0.484 e. The summed E-state index contributed by atoms with van der Waals surface area (Å²) >= 11 is 16.0. The summed E-state index contributed by atoms with van der Waals surface area (Å²) in [4.78, 5) is 28.4. The maximum atomic E-state index is 13.5. The molecule has 0 radical (unpaired) electrons. The van der Waals surface area contributed by atoms with Gasteiger partial charge >= 0.3 is 0 Å². The van der Waals surface area contributed by atoms with Gasteiger partial charge in [0.2, 0.25) is 5.91 Å². The zero-order valence-electron chi connectivity index (χ0n) is 20.5. The van der Waals surface area contributed by atoms with E-state index in [9.17, 15) is 9.59 Å². The molecule has 190 valence electrons. The average molecular weight is 584 g/mol. The van der Waals surface area contributed by atoms with Crippen molar-refractivity contribution in [2.45, 2.75) is 77.9 Å². The van der Waals surface area contributed by atoms with Crippen molar-refractivity contribution in [2.24, 2.45) is 0 Å². The van der Waals surface area contributed by atoms with Crippen LogP contribution in [-0.2, 0) is 16.1 Å². The van der Waals surface area contributed by atoms with Crippen LogP contribution in [0.25, 0.3) is 0 Å². The van der Waals surface area contributed by atoms with Gasteiger partial charge in [0.05, 0.1) is 0 Å². The molecule has 1 aliphatic rings. The topological polar surface area (TPSA) is 58.6 Å². The lowest BCUT2D eigenvalue weighted by atomic mass is 9.95. The van der Waals surface area contributed by atoms with Crippen molar-refractivity contribution in [3.8, 4) is 5.75 Å². The molecule has 2 aromatic carbocycles. The van der Waals surface area contributed by atoms with Crippen LogP contribution in [0.2, 0.25) is 10.0 Å². The summed E-state index contributed by atoms with van der Waals surface area (Å²) in [5, 5.41) is 4.15. The van der Waals surface area contributed by atoms with Crippen LogP contribution in [0.3, 0.4) is 0 Å². The minimum absolute atomic E-state index is 0.131. The fourth-order valence-electron chi connectivity index (χ4n) is 4.51. The van der Waals surface area contributed by atoms with E-state index < -0.39 is 6.04 Å². The lowest BCUT2D eigenvalue weighted by Gasteiger charge is -2.33. The minimum atomic E-state index is -0.631. The summed E-state index contributed by atoms with van der Waals surface area (Å²) in [7, 11) is 0. The zero-order chi connectivity index (χ0) is 25.5. The van der Waals surface area contributed by atoms with Crippen LogP contribution in [0.4, 0.5) is 0 Å². The van der Waals surface area contributed by atoms with Gasteiger partial charge in [-0.15, -0.1) is 0 Å². The quantitative estimate of drug-likeness (QED) is 0.345. The summed E-state index contributed by atoms with van der Waals surface area (Å²) in [5.41, 5.74) is 2.77. The highest BCUT2D eigenvalue weighted by molar-refractivity contribution is 9.10. The maximum absolute atomic E-state index is 13.5. The van der Waals surface area contributed by atoms with Gasteiger partial charge in [0.1, 0.15) is 11.8 Å². The van der Waals surface area contributed by atoms with Crippen molar-refractivity contribution in [2.75, 3.05) is 6.61 Å². The number of halogens is 3. The van der Waals surface area contributed by atoms with Crippen LogP contribution < -0.4 is 10.1 Å². The van der Waals surface area contributed by atoms with E-state index in [-0.39, 0.29) is 31.0 Å². The molecule has 3 rings (SSSR count). The molecule has 1 atom stereocenters. The third-order valence-corrected chi connectivity index (χ3v) is 8.30. The average Bonchev–Trinajstić information content (AvgIpc) is 2.82. The molecule has 0 aromatic heterocycles. The number of aryl methyl sites for hydroxylation is 2. The number of nitrogens with one attached hydrogen (secondary N) is 1. The first-order valence-electron chi connectivity index (χ1n) is 12.1. The van der Waals surface area contributed by atoms with Crippen LogP contribution >= 0.6 is 39.1 Å². The van der Waals surface area contributed by atoms with Crippen LogP contribution in [0.5, 0.6) is 5.75 Å². The molecule has 0 aliphatic heterocycles. The second-order valence-corrected chi connectivity index (χ2v) is 10.8. The number of hydrogen-bond donors (Lipinski definition) is 1. The first-order chi connectivity index (χ1) is 16.7. The summed E-state index contributed by atoms with van der Waals surface area (Å²) in [6.07, 6.45) is 5.87. The van der Waals surface area contributed by atoms with Gasteiger partial charge in [0, 0.05) is 27.1 Å². The number of hydrogen-bond acceptors (Lipinski definition) is 3. The predicted octanol–water partition coefficient (Wildman–Crippen LogP) is 7.01. The smallest absolute Gasteiger partial charge is 0.261 e. The molecular formula is C27H33BrCl2N2O3. The molecule has 0 saturated heterocycles. The van der Waals surface area contributed by atoms with Gasteiger partial charge in [0.25, 0.3) is 5.91 Å². The van der Waals surface area contributed by atoms with E-state index in [1.54, 1.807) is 23.1 Å². The van der Waals surface area contributed by atoms with Crippen LogP contribution in [0.1, 0.15) is 62.1 Å². The fraction of sp³-hybridized carbons (Fsp3) is 0.481. The number of carbonyl (C=O) groups excluding carboxylic acids is 2. The molecule has 2 amide bonds. The number of nitrogens with zero attached hydrogens (tertiary/aromatic N) is 1. The highest BCUT2D eigenvalue weighted by atomic mass is 79.9. The lowest BCUT2D eigenvalue weighted by Crippen LogP contribution is -2.52. The Hall–Kier alpha value is -1.76. The molecule has 0 heterocycles. The van der Waals surface area contributed by atoms with Gasteiger partial charge < -0.3 is 15.0 Å². The Bertz CT molecular complexity index is 1030. The van der Waals surface area contributed by atoms with Crippen LogP contribution in [-0.4, -0.2) is 35.4 Å². The summed E-state index contributed by atoms with van der Waals surface area (Å²) in [6.45, 7) is 5.87. The predicted molar refractivity (Wildman–Crippen MR) is 145 cm³/mol. The van der Waals surface area contributed by atoms with Gasteiger partial charge in [-0.2, -0.15) is 0 Å². The molecule has 35 heavy (non-hydrogen) atoms. The number of benzene rings is 2. The molecule has 0 bridgehead atoms. The Morgan fingerprint density at radius 2 is 1.77 bits per heavy atom. The van der Waals surface area contributed by atoms with Crippen molar-refractivity contribution in [1.29, 1.82) is 0 Å². The van der Waals surface area contributed by atoms with Crippen LogP contribution in [0.15, 0.2) is 34.8 Å². The summed E-state index contributed by atoms with van der Waals surface area (Å²) < 4.78 is 6.89. The fourth-order valence-corrected chi connectivity index (χ4v) is 5.21. The van der Waals surface area contributed by atoms with Crippen molar-refractivity contribution < 1.29 is 14.3 Å². The van der Waals surface area contributed by atoms with Gasteiger partial charge in [0.15, 0.2) is 6.61 Å². The molecule has 2 aromatic rings. The number of amides is 2. The lowest BCUT2D eigenvalue weighted by molar-refractivity contribution is -0.143. The van der Waals surface area contributed by atoms with Gasteiger partial charge in [-0.05, 0) is 74.1 Å². The van der Waals surface area contributed by atoms with Gasteiger partial charge in [-0.25, -0.2) is 0 Å². The van der Waals surface area contributed by atoms with Crippen molar-refractivity contribution in [1.82, 2.24) is 10.2 Å². The van der Waals surface area contributed by atoms with E-state index >= 15 is 0 Å². The van der Waals surface area contributed by atoms with E-state index in [1.807, 2.05) is 32.9 Å².